The summed E-state index contributed by atoms with van der Waals surface area (Å²) in [5.41, 5.74) is 0.902. The molecule has 0 aromatic heterocycles. The van der Waals surface area contributed by atoms with Gasteiger partial charge in [-0.25, -0.2) is 0 Å². The minimum absolute atomic E-state index is 0.0480. The molecule has 0 fully saturated rings. The largest absolute Gasteiger partial charge is 0.416 e. The van der Waals surface area contributed by atoms with E-state index in [4.69, 9.17) is 0 Å². The van der Waals surface area contributed by atoms with Crippen molar-refractivity contribution in [3.63, 3.8) is 0 Å². The number of hydrogen-bond donors (Lipinski definition) is 2. The van der Waals surface area contributed by atoms with Gasteiger partial charge in [0.25, 0.3) is 5.91 Å². The van der Waals surface area contributed by atoms with Gasteiger partial charge in [0.2, 0.25) is 5.91 Å². The average molecular weight is 393 g/mol. The summed E-state index contributed by atoms with van der Waals surface area (Å²) >= 11 is 0. The Kier molecular flexibility index (Phi) is 7.17. The molecule has 0 saturated carbocycles. The first kappa shape index (κ1) is 21.4. The van der Waals surface area contributed by atoms with Crippen LogP contribution in [-0.4, -0.2) is 36.9 Å². The normalized spacial score (nSPS) is 11.4. The standard InChI is InChI=1S/C20H22F3N3O2/c1-3-24-19(28)15-5-4-6-17(11-15)25-18(27)13-26(2)12-14-7-9-16(10-8-14)20(21,22)23/h4-11H,3,12-13H2,1-2H3,(H,24,28)(H,25,27). The van der Waals surface area contributed by atoms with Crippen LogP contribution < -0.4 is 10.6 Å². The quantitative estimate of drug-likeness (QED) is 0.757. The number of carbonyl (C=O) groups is 2. The van der Waals surface area contributed by atoms with E-state index >= 15 is 0 Å². The Labute approximate surface area is 161 Å². The Morgan fingerprint density at radius 3 is 2.36 bits per heavy atom. The molecule has 0 heterocycles. The Bertz CT molecular complexity index is 820. The molecule has 150 valence electrons. The van der Waals surface area contributed by atoms with Crippen LogP contribution in [0.15, 0.2) is 48.5 Å². The minimum Gasteiger partial charge on any atom is -0.352 e. The van der Waals surface area contributed by atoms with Crippen molar-refractivity contribution in [3.8, 4) is 0 Å². The Morgan fingerprint density at radius 2 is 1.75 bits per heavy atom. The summed E-state index contributed by atoms with van der Waals surface area (Å²) in [7, 11) is 1.70. The van der Waals surface area contributed by atoms with Crippen molar-refractivity contribution in [2.75, 3.05) is 25.5 Å². The fraction of sp³-hybridized carbons (Fsp3) is 0.300. The molecule has 28 heavy (non-hydrogen) atoms. The summed E-state index contributed by atoms with van der Waals surface area (Å²) in [5.74, 6) is -0.513. The van der Waals surface area contributed by atoms with Gasteiger partial charge in [-0.05, 0) is 49.9 Å². The van der Waals surface area contributed by atoms with Crippen molar-refractivity contribution < 1.29 is 22.8 Å². The van der Waals surface area contributed by atoms with E-state index in [0.717, 1.165) is 12.1 Å². The lowest BCUT2D eigenvalue weighted by Gasteiger charge is -2.17. The van der Waals surface area contributed by atoms with Crippen molar-refractivity contribution >= 4 is 17.5 Å². The molecule has 2 aromatic rings. The molecule has 2 amide bonds. The molecule has 2 rings (SSSR count). The predicted molar refractivity (Wildman–Crippen MR) is 101 cm³/mol. The second kappa shape index (κ2) is 9.36. The molecule has 0 bridgehead atoms. The SMILES string of the molecule is CCNC(=O)c1cccc(NC(=O)CN(C)Cc2ccc(C(F)(F)F)cc2)c1. The molecule has 0 aliphatic heterocycles. The third-order valence-corrected chi connectivity index (χ3v) is 3.89. The molecule has 0 unspecified atom stereocenters. The highest BCUT2D eigenvalue weighted by Gasteiger charge is 2.29. The summed E-state index contributed by atoms with van der Waals surface area (Å²) in [6, 6.07) is 11.4. The number of carbonyl (C=O) groups excluding carboxylic acids is 2. The molecular formula is C20H22F3N3O2. The molecule has 0 spiro atoms. The van der Waals surface area contributed by atoms with Crippen LogP contribution in [0.25, 0.3) is 0 Å². The highest BCUT2D eigenvalue weighted by Crippen LogP contribution is 2.29. The number of benzene rings is 2. The van der Waals surface area contributed by atoms with E-state index in [1.165, 1.54) is 12.1 Å². The Balaban J connectivity index is 1.90. The average Bonchev–Trinajstić information content (AvgIpc) is 2.61. The summed E-state index contributed by atoms with van der Waals surface area (Å²) in [6.07, 6.45) is -4.37. The summed E-state index contributed by atoms with van der Waals surface area (Å²) in [4.78, 5) is 25.7. The van der Waals surface area contributed by atoms with Crippen LogP contribution in [0.5, 0.6) is 0 Å². The minimum atomic E-state index is -4.37. The zero-order valence-electron chi connectivity index (χ0n) is 15.6. The topological polar surface area (TPSA) is 61.4 Å². The van der Waals surface area contributed by atoms with Gasteiger partial charge in [0.15, 0.2) is 0 Å². The van der Waals surface area contributed by atoms with E-state index in [1.807, 2.05) is 6.92 Å². The van der Waals surface area contributed by atoms with Gasteiger partial charge in [0, 0.05) is 24.3 Å². The first-order valence-corrected chi connectivity index (χ1v) is 8.72. The van der Waals surface area contributed by atoms with Gasteiger partial charge >= 0.3 is 6.18 Å². The zero-order valence-corrected chi connectivity index (χ0v) is 15.6. The van der Waals surface area contributed by atoms with E-state index in [-0.39, 0.29) is 18.4 Å². The zero-order chi connectivity index (χ0) is 20.7. The van der Waals surface area contributed by atoms with Crippen LogP contribution >= 0.6 is 0 Å². The number of amides is 2. The maximum Gasteiger partial charge on any atom is 0.416 e. The number of halogens is 3. The van der Waals surface area contributed by atoms with Gasteiger partial charge in [0.05, 0.1) is 12.1 Å². The third-order valence-electron chi connectivity index (χ3n) is 3.89. The van der Waals surface area contributed by atoms with Crippen molar-refractivity contribution in [1.29, 1.82) is 0 Å². The molecule has 5 nitrogen and oxygen atoms in total. The Morgan fingerprint density at radius 1 is 1.07 bits per heavy atom. The van der Waals surface area contributed by atoms with Crippen LogP contribution in [0.1, 0.15) is 28.4 Å². The van der Waals surface area contributed by atoms with Gasteiger partial charge < -0.3 is 10.6 Å². The van der Waals surface area contributed by atoms with Gasteiger partial charge in [-0.3, -0.25) is 14.5 Å². The number of anilines is 1. The maximum absolute atomic E-state index is 12.6. The third kappa shape index (κ3) is 6.38. The smallest absolute Gasteiger partial charge is 0.352 e. The fourth-order valence-corrected chi connectivity index (χ4v) is 2.61. The number of rotatable bonds is 7. The van der Waals surface area contributed by atoms with Gasteiger partial charge in [0.1, 0.15) is 0 Å². The molecular weight excluding hydrogens is 371 g/mol. The molecule has 2 aromatic carbocycles. The molecule has 2 N–H and O–H groups in total. The maximum atomic E-state index is 12.6. The van der Waals surface area contributed by atoms with Crippen LogP contribution in [-0.2, 0) is 17.5 Å². The number of alkyl halides is 3. The van der Waals surface area contributed by atoms with Crippen LogP contribution in [0.3, 0.4) is 0 Å². The van der Waals surface area contributed by atoms with Crippen molar-refractivity contribution in [2.45, 2.75) is 19.6 Å². The van der Waals surface area contributed by atoms with Crippen molar-refractivity contribution in [1.82, 2.24) is 10.2 Å². The fourth-order valence-electron chi connectivity index (χ4n) is 2.61. The molecule has 0 aliphatic rings. The summed E-state index contributed by atoms with van der Waals surface area (Å²) in [6.45, 7) is 2.69. The van der Waals surface area contributed by atoms with E-state index < -0.39 is 11.7 Å². The first-order chi connectivity index (χ1) is 13.2. The molecule has 0 radical (unpaired) electrons. The lowest BCUT2D eigenvalue weighted by atomic mass is 10.1. The van der Waals surface area contributed by atoms with Crippen molar-refractivity contribution in [2.24, 2.45) is 0 Å². The number of nitrogens with zero attached hydrogens (tertiary/aromatic N) is 1. The lowest BCUT2D eigenvalue weighted by Crippen LogP contribution is -2.30. The van der Waals surface area contributed by atoms with Gasteiger partial charge in [-0.1, -0.05) is 18.2 Å². The number of likely N-dealkylation sites (N-methyl/N-ethyl adjacent to an activating group) is 1. The van der Waals surface area contributed by atoms with Crippen LogP contribution in [0, 0.1) is 0 Å². The summed E-state index contributed by atoms with van der Waals surface area (Å²) in [5, 5.41) is 5.40. The monoisotopic (exact) mass is 393 g/mol. The highest BCUT2D eigenvalue weighted by atomic mass is 19.4. The molecule has 8 heteroatoms. The van der Waals surface area contributed by atoms with E-state index in [0.29, 0.717) is 29.9 Å². The van der Waals surface area contributed by atoms with Crippen molar-refractivity contribution in [3.05, 3.63) is 65.2 Å². The van der Waals surface area contributed by atoms with Gasteiger partial charge in [-0.15, -0.1) is 0 Å². The summed E-state index contributed by atoms with van der Waals surface area (Å²) < 4.78 is 37.8. The molecule has 0 aliphatic carbocycles. The lowest BCUT2D eigenvalue weighted by molar-refractivity contribution is -0.137. The van der Waals surface area contributed by atoms with E-state index in [9.17, 15) is 22.8 Å². The molecule has 0 atom stereocenters. The van der Waals surface area contributed by atoms with Crippen LogP contribution in [0.4, 0.5) is 18.9 Å². The predicted octanol–water partition coefficient (Wildman–Crippen LogP) is 3.53. The van der Waals surface area contributed by atoms with Gasteiger partial charge in [-0.2, -0.15) is 13.2 Å². The number of hydrogen-bond acceptors (Lipinski definition) is 3. The first-order valence-electron chi connectivity index (χ1n) is 8.72. The van der Waals surface area contributed by atoms with Crippen LogP contribution in [0.2, 0.25) is 0 Å². The Hall–Kier alpha value is -2.87. The second-order valence-electron chi connectivity index (χ2n) is 6.36. The molecule has 0 saturated heterocycles. The van der Waals surface area contributed by atoms with E-state index in [1.54, 1.807) is 36.2 Å². The van der Waals surface area contributed by atoms with E-state index in [2.05, 4.69) is 10.6 Å². The highest BCUT2D eigenvalue weighted by molar-refractivity contribution is 5.97. The number of nitrogens with one attached hydrogen (secondary N) is 2. The second-order valence-corrected chi connectivity index (χ2v) is 6.36.